The van der Waals surface area contributed by atoms with Crippen LogP contribution >= 0.6 is 0 Å². The summed E-state index contributed by atoms with van der Waals surface area (Å²) in [5.74, 6) is -0.248. The van der Waals surface area contributed by atoms with Crippen molar-refractivity contribution < 1.29 is 18.7 Å². The third-order valence-corrected chi connectivity index (χ3v) is 4.53. The van der Waals surface area contributed by atoms with Crippen molar-refractivity contribution in [3.8, 4) is 5.75 Å². The van der Waals surface area contributed by atoms with Crippen LogP contribution in [0.4, 0.5) is 4.39 Å². The van der Waals surface area contributed by atoms with E-state index in [9.17, 15) is 14.0 Å². The second kappa shape index (κ2) is 10.4. The van der Waals surface area contributed by atoms with Crippen LogP contribution in [0.1, 0.15) is 31.4 Å². The van der Waals surface area contributed by atoms with Gasteiger partial charge in [-0.2, -0.15) is 0 Å². The number of ether oxygens (including phenoxy) is 1. The molecule has 2 rings (SSSR count). The molecule has 0 aromatic heterocycles. The minimum Gasteiger partial charge on any atom is -0.497 e. The van der Waals surface area contributed by atoms with Gasteiger partial charge in [-0.25, -0.2) is 4.39 Å². The molecule has 0 aliphatic rings. The van der Waals surface area contributed by atoms with E-state index >= 15 is 0 Å². The van der Waals surface area contributed by atoms with E-state index < -0.39 is 11.9 Å². The summed E-state index contributed by atoms with van der Waals surface area (Å²) in [5, 5.41) is 2.82. The molecule has 28 heavy (non-hydrogen) atoms. The molecule has 0 unspecified atom stereocenters. The number of carbonyl (C=O) groups is 2. The van der Waals surface area contributed by atoms with E-state index in [1.165, 1.54) is 11.0 Å². The monoisotopic (exact) mass is 386 g/mol. The van der Waals surface area contributed by atoms with E-state index in [1.54, 1.807) is 44.4 Å². The van der Waals surface area contributed by atoms with Gasteiger partial charge >= 0.3 is 0 Å². The molecular formula is C22H27FN2O3. The van der Waals surface area contributed by atoms with Gasteiger partial charge in [0.05, 0.1) is 13.5 Å². The minimum absolute atomic E-state index is 0.103. The van der Waals surface area contributed by atoms with Crippen LogP contribution < -0.4 is 10.1 Å². The lowest BCUT2D eigenvalue weighted by atomic mass is 10.1. The molecule has 6 heteroatoms. The van der Waals surface area contributed by atoms with Crippen LogP contribution in [0.5, 0.6) is 5.75 Å². The predicted molar refractivity (Wildman–Crippen MR) is 106 cm³/mol. The van der Waals surface area contributed by atoms with E-state index in [4.69, 9.17) is 4.74 Å². The summed E-state index contributed by atoms with van der Waals surface area (Å²) in [6, 6.07) is 12.8. The van der Waals surface area contributed by atoms with Crippen molar-refractivity contribution in [3.63, 3.8) is 0 Å². The molecule has 1 N–H and O–H groups in total. The molecule has 0 aliphatic heterocycles. The molecule has 0 heterocycles. The van der Waals surface area contributed by atoms with Gasteiger partial charge in [-0.1, -0.05) is 37.3 Å². The highest BCUT2D eigenvalue weighted by Gasteiger charge is 2.26. The van der Waals surface area contributed by atoms with E-state index in [0.717, 1.165) is 12.0 Å². The van der Waals surface area contributed by atoms with Gasteiger partial charge in [-0.15, -0.1) is 0 Å². The topological polar surface area (TPSA) is 58.6 Å². The largest absolute Gasteiger partial charge is 0.497 e. The minimum atomic E-state index is -0.673. The number of hydrogen-bond acceptors (Lipinski definition) is 3. The Morgan fingerprint density at radius 2 is 1.82 bits per heavy atom. The third kappa shape index (κ3) is 5.81. The summed E-state index contributed by atoms with van der Waals surface area (Å²) in [5.41, 5.74) is 1.17. The zero-order valence-electron chi connectivity index (χ0n) is 16.6. The molecule has 0 spiro atoms. The maximum absolute atomic E-state index is 14.0. The zero-order valence-corrected chi connectivity index (χ0v) is 16.6. The lowest BCUT2D eigenvalue weighted by Crippen LogP contribution is -2.48. The van der Waals surface area contributed by atoms with Gasteiger partial charge in [-0.3, -0.25) is 9.59 Å². The van der Waals surface area contributed by atoms with Crippen LogP contribution in [0.2, 0.25) is 0 Å². The highest BCUT2D eigenvalue weighted by Crippen LogP contribution is 2.17. The van der Waals surface area contributed by atoms with E-state index in [1.807, 2.05) is 19.1 Å². The van der Waals surface area contributed by atoms with Gasteiger partial charge in [0.2, 0.25) is 11.8 Å². The van der Waals surface area contributed by atoms with Gasteiger partial charge in [0.1, 0.15) is 17.6 Å². The van der Waals surface area contributed by atoms with Gasteiger partial charge in [0, 0.05) is 13.1 Å². The summed E-state index contributed by atoms with van der Waals surface area (Å²) in [6.45, 7) is 4.44. The number of hydrogen-bond donors (Lipinski definition) is 1. The molecule has 5 nitrogen and oxygen atoms in total. The molecule has 2 aromatic carbocycles. The first-order valence-electron chi connectivity index (χ1n) is 9.39. The molecule has 0 radical (unpaired) electrons. The van der Waals surface area contributed by atoms with Crippen molar-refractivity contribution in [1.82, 2.24) is 10.2 Å². The van der Waals surface area contributed by atoms with Crippen molar-refractivity contribution in [1.29, 1.82) is 0 Å². The molecule has 2 amide bonds. The molecular weight excluding hydrogens is 359 g/mol. The number of halogens is 1. The Hall–Kier alpha value is -2.89. The number of carbonyl (C=O) groups excluding carboxylic acids is 2. The lowest BCUT2D eigenvalue weighted by molar-refractivity contribution is -0.140. The molecule has 0 saturated heterocycles. The molecule has 0 aliphatic carbocycles. The van der Waals surface area contributed by atoms with Crippen LogP contribution in [0.15, 0.2) is 48.5 Å². The van der Waals surface area contributed by atoms with E-state index in [0.29, 0.717) is 17.9 Å². The first kappa shape index (κ1) is 21.4. The van der Waals surface area contributed by atoms with Crippen molar-refractivity contribution in [2.45, 2.75) is 39.3 Å². The number of rotatable bonds is 9. The van der Waals surface area contributed by atoms with Crippen molar-refractivity contribution in [3.05, 3.63) is 65.5 Å². The Labute approximate surface area is 165 Å². The second-order valence-electron chi connectivity index (χ2n) is 6.60. The van der Waals surface area contributed by atoms with E-state index in [-0.39, 0.29) is 24.8 Å². The Morgan fingerprint density at radius 3 is 2.43 bits per heavy atom. The maximum Gasteiger partial charge on any atom is 0.242 e. The van der Waals surface area contributed by atoms with Crippen molar-refractivity contribution in [2.75, 3.05) is 13.7 Å². The highest BCUT2D eigenvalue weighted by molar-refractivity contribution is 5.88. The number of amides is 2. The van der Waals surface area contributed by atoms with Crippen molar-refractivity contribution in [2.24, 2.45) is 0 Å². The quantitative estimate of drug-likeness (QED) is 0.719. The fourth-order valence-electron chi connectivity index (χ4n) is 2.81. The van der Waals surface area contributed by atoms with Gasteiger partial charge in [0.25, 0.3) is 0 Å². The third-order valence-electron chi connectivity index (χ3n) is 4.53. The Bertz CT molecular complexity index is 793. The molecule has 2 aromatic rings. The average molecular weight is 386 g/mol. The van der Waals surface area contributed by atoms with Crippen LogP contribution in [0.3, 0.4) is 0 Å². The SMILES string of the molecule is CCCNC(=O)[C@H](C)N(Cc1ccc(OC)cc1)C(=O)Cc1ccccc1F. The van der Waals surface area contributed by atoms with Crippen LogP contribution in [-0.2, 0) is 22.6 Å². The molecule has 150 valence electrons. The fraction of sp³-hybridized carbons (Fsp3) is 0.364. The summed E-state index contributed by atoms with van der Waals surface area (Å²) in [4.78, 5) is 26.9. The van der Waals surface area contributed by atoms with Crippen molar-refractivity contribution >= 4 is 11.8 Å². The number of methoxy groups -OCH3 is 1. The lowest BCUT2D eigenvalue weighted by Gasteiger charge is -2.29. The van der Waals surface area contributed by atoms with E-state index in [2.05, 4.69) is 5.32 Å². The normalized spacial score (nSPS) is 11.6. The molecule has 0 fully saturated rings. The van der Waals surface area contributed by atoms with Crippen LogP contribution in [0, 0.1) is 5.82 Å². The number of nitrogens with one attached hydrogen (secondary N) is 1. The van der Waals surface area contributed by atoms with Gasteiger partial charge in [0.15, 0.2) is 0 Å². The zero-order chi connectivity index (χ0) is 20.5. The standard InChI is InChI=1S/C22H27FN2O3/c1-4-13-24-22(27)16(2)25(15-17-9-11-19(28-3)12-10-17)21(26)14-18-7-5-6-8-20(18)23/h5-12,16H,4,13-15H2,1-3H3,(H,24,27)/t16-/m0/s1. The summed E-state index contributed by atoms with van der Waals surface area (Å²) < 4.78 is 19.1. The Balaban J connectivity index is 2.22. The predicted octanol–water partition coefficient (Wildman–Crippen LogP) is 3.32. The summed E-state index contributed by atoms with van der Waals surface area (Å²) in [7, 11) is 1.58. The number of nitrogens with zero attached hydrogens (tertiary/aromatic N) is 1. The second-order valence-corrected chi connectivity index (χ2v) is 6.60. The smallest absolute Gasteiger partial charge is 0.242 e. The van der Waals surface area contributed by atoms with Gasteiger partial charge in [-0.05, 0) is 42.7 Å². The highest BCUT2D eigenvalue weighted by atomic mass is 19.1. The van der Waals surface area contributed by atoms with Crippen LogP contribution in [0.25, 0.3) is 0 Å². The first-order valence-corrected chi connectivity index (χ1v) is 9.39. The maximum atomic E-state index is 14.0. The van der Waals surface area contributed by atoms with Gasteiger partial charge < -0.3 is 15.0 Å². The molecule has 1 atom stereocenters. The Morgan fingerprint density at radius 1 is 1.14 bits per heavy atom. The first-order chi connectivity index (χ1) is 13.5. The number of benzene rings is 2. The summed E-state index contributed by atoms with van der Waals surface area (Å²) >= 11 is 0. The fourth-order valence-corrected chi connectivity index (χ4v) is 2.81. The molecule has 0 bridgehead atoms. The summed E-state index contributed by atoms with van der Waals surface area (Å²) in [6.07, 6.45) is 0.703. The average Bonchev–Trinajstić information content (AvgIpc) is 2.71. The Kier molecular flexibility index (Phi) is 7.99. The molecule has 0 saturated carbocycles. The van der Waals surface area contributed by atoms with Crippen LogP contribution in [-0.4, -0.2) is 36.4 Å².